The number of Topliss-reactive ketones (excluding diaryl/α,β-unsaturated/α-hetero) is 1. The lowest BCUT2D eigenvalue weighted by molar-refractivity contribution is -0.136. The van der Waals surface area contributed by atoms with E-state index in [1.54, 1.807) is 0 Å². The number of hydrogen-bond acceptors (Lipinski definition) is 6. The van der Waals surface area contributed by atoms with Gasteiger partial charge in [-0.15, -0.1) is 0 Å². The molecule has 2 heterocycles. The van der Waals surface area contributed by atoms with Crippen molar-refractivity contribution in [3.63, 3.8) is 0 Å². The van der Waals surface area contributed by atoms with Crippen LogP contribution < -0.4 is 15.4 Å². The van der Waals surface area contributed by atoms with Gasteiger partial charge in [-0.1, -0.05) is 26.0 Å². The maximum atomic E-state index is 13.6. The van der Waals surface area contributed by atoms with E-state index in [4.69, 9.17) is 4.74 Å². The predicted molar refractivity (Wildman–Crippen MR) is 166 cm³/mol. The highest BCUT2D eigenvalue weighted by atomic mass is 16.5. The minimum atomic E-state index is -0.201. The molecule has 7 unspecified atom stereocenters. The molecule has 2 aliphatic heterocycles. The maximum absolute atomic E-state index is 13.6. The predicted octanol–water partition coefficient (Wildman–Crippen LogP) is 4.97. The van der Waals surface area contributed by atoms with Crippen molar-refractivity contribution in [2.24, 2.45) is 28.6 Å². The van der Waals surface area contributed by atoms with E-state index in [-0.39, 0.29) is 46.9 Å². The Kier molecular flexibility index (Phi) is 7.66. The first-order valence-corrected chi connectivity index (χ1v) is 17.2. The van der Waals surface area contributed by atoms with E-state index >= 15 is 0 Å². The first kappa shape index (κ1) is 29.9. The van der Waals surface area contributed by atoms with Crippen LogP contribution in [0.1, 0.15) is 113 Å². The van der Waals surface area contributed by atoms with Crippen LogP contribution in [-0.2, 0) is 20.8 Å². The highest BCUT2D eigenvalue weighted by Crippen LogP contribution is 2.71. The Hall–Kier alpha value is -2.74. The number of carbonyl (C=O) groups is 4. The lowest BCUT2D eigenvalue weighted by Gasteiger charge is -2.46. The molecule has 8 nitrogen and oxygen atoms in total. The fraction of sp³-hybridized carbons (Fsp3) is 0.722. The molecule has 2 saturated heterocycles. The number of rotatable bonds is 10. The Labute approximate surface area is 261 Å². The Balaban J connectivity index is 0.894. The Bertz CT molecular complexity index is 1360. The molecule has 238 valence electrons. The standard InChI is InChI=1S/C36H49N3O5/c1-34-18-25-19-36(21-34,22-35(25,2)20-34)38-33(43)28-7-4-15-39(28)16-5-17-44-29-8-3-6-27-26(29)13-11-23(31(27)41)9-10-24-12-14-30(40)37-32(24)42/h3,6,8,23-25,28H,4-5,7,9-22H2,1-2H3,(H,38,43)(H,37,40,42). The summed E-state index contributed by atoms with van der Waals surface area (Å²) in [6.07, 6.45) is 12.7. The number of benzene rings is 1. The molecule has 2 N–H and O–H groups in total. The highest BCUT2D eigenvalue weighted by molar-refractivity contribution is 6.01. The topological polar surface area (TPSA) is 105 Å². The Morgan fingerprint density at radius 3 is 2.64 bits per heavy atom. The quantitative estimate of drug-likeness (QED) is 0.289. The maximum Gasteiger partial charge on any atom is 0.237 e. The number of hydrogen-bond donors (Lipinski definition) is 2. The lowest BCUT2D eigenvalue weighted by atomic mass is 9.65. The van der Waals surface area contributed by atoms with Crippen LogP contribution >= 0.6 is 0 Å². The number of amides is 3. The molecular formula is C36H49N3O5. The molecule has 6 fully saturated rings. The zero-order valence-corrected chi connectivity index (χ0v) is 26.6. The van der Waals surface area contributed by atoms with Crippen LogP contribution in [0.25, 0.3) is 0 Å². The Morgan fingerprint density at radius 1 is 1.02 bits per heavy atom. The molecule has 3 amide bonds. The largest absolute Gasteiger partial charge is 0.493 e. The summed E-state index contributed by atoms with van der Waals surface area (Å²) >= 11 is 0. The monoisotopic (exact) mass is 603 g/mol. The van der Waals surface area contributed by atoms with Crippen LogP contribution in [0.2, 0.25) is 0 Å². The normalized spacial score (nSPS) is 37.7. The van der Waals surface area contributed by atoms with Crippen molar-refractivity contribution in [2.75, 3.05) is 19.7 Å². The van der Waals surface area contributed by atoms with E-state index in [0.29, 0.717) is 43.1 Å². The number of carbonyl (C=O) groups excluding carboxylic acids is 4. The summed E-state index contributed by atoms with van der Waals surface area (Å²) in [5, 5.41) is 6.05. The van der Waals surface area contributed by atoms with Gasteiger partial charge in [0.1, 0.15) is 5.75 Å². The molecule has 1 aromatic carbocycles. The minimum Gasteiger partial charge on any atom is -0.493 e. The molecular weight excluding hydrogens is 554 g/mol. The van der Waals surface area contributed by atoms with Crippen molar-refractivity contribution in [1.29, 1.82) is 0 Å². The smallest absolute Gasteiger partial charge is 0.237 e. The third-order valence-electron chi connectivity index (χ3n) is 12.3. The number of fused-ring (bicyclic) bond motifs is 1. The second kappa shape index (κ2) is 11.3. The zero-order valence-electron chi connectivity index (χ0n) is 26.6. The number of ketones is 1. The van der Waals surface area contributed by atoms with E-state index in [0.717, 1.165) is 87.3 Å². The second-order valence-electron chi connectivity index (χ2n) is 15.9. The SMILES string of the molecule is CC12CC3CC(NC(=O)C4CCCN4CCCOc4cccc5c4CCC(CCC4CCC(=O)NC4=O)C5=O)(C1)CC3(C)C2. The molecule has 0 radical (unpaired) electrons. The molecule has 0 spiro atoms. The summed E-state index contributed by atoms with van der Waals surface area (Å²) in [6, 6.07) is 5.73. The molecule has 1 aromatic rings. The van der Waals surface area contributed by atoms with E-state index in [1.165, 1.54) is 12.8 Å². The van der Waals surface area contributed by atoms with Crippen LogP contribution in [0, 0.1) is 28.6 Å². The van der Waals surface area contributed by atoms with E-state index in [2.05, 4.69) is 29.4 Å². The van der Waals surface area contributed by atoms with Crippen molar-refractivity contribution in [2.45, 2.75) is 115 Å². The number of piperidine rings is 1. The lowest BCUT2D eigenvalue weighted by Crippen LogP contribution is -2.57. The van der Waals surface area contributed by atoms with Crippen LogP contribution in [0.4, 0.5) is 0 Å². The zero-order chi connectivity index (χ0) is 30.7. The van der Waals surface area contributed by atoms with E-state index in [1.807, 2.05) is 18.2 Å². The first-order chi connectivity index (χ1) is 21.1. The fourth-order valence-corrected chi connectivity index (χ4v) is 10.8. The number of imide groups is 1. The second-order valence-corrected chi connectivity index (χ2v) is 15.9. The van der Waals surface area contributed by atoms with Gasteiger partial charge in [-0.2, -0.15) is 0 Å². The molecule has 8 heteroatoms. The number of nitrogens with one attached hydrogen (secondary N) is 2. The third kappa shape index (κ3) is 5.50. The molecule has 8 rings (SSSR count). The molecule has 44 heavy (non-hydrogen) atoms. The van der Waals surface area contributed by atoms with E-state index < -0.39 is 0 Å². The minimum absolute atomic E-state index is 0.00685. The number of ether oxygens (including phenoxy) is 1. The Morgan fingerprint density at radius 2 is 1.84 bits per heavy atom. The summed E-state index contributed by atoms with van der Waals surface area (Å²) in [5.74, 6) is 1.26. The van der Waals surface area contributed by atoms with Crippen molar-refractivity contribution >= 4 is 23.5 Å². The van der Waals surface area contributed by atoms with Gasteiger partial charge >= 0.3 is 0 Å². The van der Waals surface area contributed by atoms with Gasteiger partial charge in [0, 0.05) is 41.5 Å². The van der Waals surface area contributed by atoms with Gasteiger partial charge in [0.25, 0.3) is 0 Å². The van der Waals surface area contributed by atoms with Crippen molar-refractivity contribution in [3.05, 3.63) is 29.3 Å². The summed E-state index contributed by atoms with van der Waals surface area (Å²) in [5.41, 5.74) is 2.55. The van der Waals surface area contributed by atoms with Crippen molar-refractivity contribution < 1.29 is 23.9 Å². The van der Waals surface area contributed by atoms with Gasteiger partial charge in [0.2, 0.25) is 17.7 Å². The summed E-state index contributed by atoms with van der Waals surface area (Å²) in [6.45, 7) is 7.24. The number of likely N-dealkylation sites (tertiary alicyclic amines) is 1. The van der Waals surface area contributed by atoms with Gasteiger partial charge in [-0.3, -0.25) is 29.4 Å². The van der Waals surface area contributed by atoms with E-state index in [9.17, 15) is 19.2 Å². The molecule has 4 saturated carbocycles. The van der Waals surface area contributed by atoms with Gasteiger partial charge in [0.15, 0.2) is 5.78 Å². The van der Waals surface area contributed by atoms with Gasteiger partial charge in [-0.05, 0) is 113 Å². The summed E-state index contributed by atoms with van der Waals surface area (Å²) in [4.78, 5) is 52.9. The van der Waals surface area contributed by atoms with Gasteiger partial charge in [-0.25, -0.2) is 0 Å². The molecule has 4 bridgehead atoms. The highest BCUT2D eigenvalue weighted by Gasteiger charge is 2.66. The third-order valence-corrected chi connectivity index (χ3v) is 12.3. The molecule has 5 aliphatic carbocycles. The summed E-state index contributed by atoms with van der Waals surface area (Å²) < 4.78 is 6.26. The van der Waals surface area contributed by atoms with Crippen molar-refractivity contribution in [3.8, 4) is 5.75 Å². The van der Waals surface area contributed by atoms with Gasteiger partial charge in [0.05, 0.1) is 12.6 Å². The first-order valence-electron chi connectivity index (χ1n) is 17.2. The average Bonchev–Trinajstić information content (AvgIpc) is 3.56. The van der Waals surface area contributed by atoms with Crippen molar-refractivity contribution in [1.82, 2.24) is 15.5 Å². The van der Waals surface area contributed by atoms with Gasteiger partial charge < -0.3 is 10.1 Å². The molecule has 7 atom stereocenters. The van der Waals surface area contributed by atoms with Crippen LogP contribution in [0.3, 0.4) is 0 Å². The summed E-state index contributed by atoms with van der Waals surface area (Å²) in [7, 11) is 0. The number of nitrogens with zero attached hydrogens (tertiary/aromatic N) is 1. The van der Waals surface area contributed by atoms with Crippen LogP contribution in [0.15, 0.2) is 18.2 Å². The average molecular weight is 604 g/mol. The van der Waals surface area contributed by atoms with Crippen LogP contribution in [-0.4, -0.2) is 59.7 Å². The molecule has 0 aromatic heterocycles. The fourth-order valence-electron chi connectivity index (χ4n) is 10.8. The van der Waals surface area contributed by atoms with Crippen LogP contribution in [0.5, 0.6) is 5.75 Å². The molecule has 7 aliphatic rings.